The maximum Gasteiger partial charge on any atom is 0.262 e. The Hall–Kier alpha value is -2.58. The van der Waals surface area contributed by atoms with E-state index in [0.29, 0.717) is 18.7 Å². The molecule has 28 heavy (non-hydrogen) atoms. The number of amides is 2. The second kappa shape index (κ2) is 8.20. The summed E-state index contributed by atoms with van der Waals surface area (Å²) in [5, 5.41) is 2.76. The van der Waals surface area contributed by atoms with Crippen molar-refractivity contribution < 1.29 is 22.7 Å². The lowest BCUT2D eigenvalue weighted by molar-refractivity contribution is -0.118. The maximum absolute atomic E-state index is 12.1. The van der Waals surface area contributed by atoms with E-state index in [1.54, 1.807) is 29.2 Å². The van der Waals surface area contributed by atoms with Gasteiger partial charge in [-0.3, -0.25) is 9.59 Å². The van der Waals surface area contributed by atoms with E-state index in [4.69, 9.17) is 16.3 Å². The number of ether oxygens (including phenoxy) is 1. The van der Waals surface area contributed by atoms with Crippen molar-refractivity contribution >= 4 is 44.6 Å². The molecule has 1 aliphatic rings. The number of hydrogen-bond acceptors (Lipinski definition) is 5. The molecule has 148 valence electrons. The fourth-order valence-electron chi connectivity index (χ4n) is 2.81. The highest BCUT2D eigenvalue weighted by Gasteiger charge is 2.21. The first kappa shape index (κ1) is 20.2. The van der Waals surface area contributed by atoms with Gasteiger partial charge in [-0.25, -0.2) is 8.42 Å². The Balaban J connectivity index is 1.59. The molecular weight excluding hydrogens is 404 g/mol. The van der Waals surface area contributed by atoms with Gasteiger partial charge in [0.25, 0.3) is 5.91 Å². The molecule has 1 aliphatic heterocycles. The summed E-state index contributed by atoms with van der Waals surface area (Å²) in [5.74, 6) is 0.0918. The van der Waals surface area contributed by atoms with Crippen LogP contribution in [0.1, 0.15) is 12.8 Å². The van der Waals surface area contributed by atoms with Crippen LogP contribution in [0.25, 0.3) is 0 Å². The highest BCUT2D eigenvalue weighted by molar-refractivity contribution is 7.90. The molecule has 2 aromatic carbocycles. The van der Waals surface area contributed by atoms with Crippen LogP contribution in [0.2, 0.25) is 5.02 Å². The van der Waals surface area contributed by atoms with Crippen LogP contribution in [-0.4, -0.2) is 39.6 Å². The van der Waals surface area contributed by atoms with Crippen LogP contribution in [0.15, 0.2) is 47.4 Å². The molecule has 1 heterocycles. The molecule has 0 spiro atoms. The molecule has 2 aromatic rings. The molecule has 1 saturated heterocycles. The minimum Gasteiger partial charge on any atom is -0.484 e. The van der Waals surface area contributed by atoms with Gasteiger partial charge >= 0.3 is 0 Å². The summed E-state index contributed by atoms with van der Waals surface area (Å²) in [5.41, 5.74) is 0.991. The van der Waals surface area contributed by atoms with Crippen molar-refractivity contribution in [3.8, 4) is 5.75 Å². The lowest BCUT2D eigenvalue weighted by Gasteiger charge is -2.16. The third-order valence-corrected chi connectivity index (χ3v) is 5.67. The van der Waals surface area contributed by atoms with Crippen molar-refractivity contribution in [1.82, 2.24) is 0 Å². The van der Waals surface area contributed by atoms with E-state index >= 15 is 0 Å². The molecule has 0 aliphatic carbocycles. The fraction of sp³-hybridized carbons (Fsp3) is 0.263. The highest BCUT2D eigenvalue weighted by Crippen LogP contribution is 2.26. The lowest BCUT2D eigenvalue weighted by Crippen LogP contribution is -2.23. The largest absolute Gasteiger partial charge is 0.484 e. The van der Waals surface area contributed by atoms with Crippen LogP contribution in [-0.2, 0) is 19.4 Å². The van der Waals surface area contributed by atoms with Crippen LogP contribution in [0.3, 0.4) is 0 Å². The number of nitrogens with zero attached hydrogens (tertiary/aromatic N) is 1. The number of benzene rings is 2. The quantitative estimate of drug-likeness (QED) is 0.772. The van der Waals surface area contributed by atoms with Crippen LogP contribution in [0.5, 0.6) is 5.75 Å². The average Bonchev–Trinajstić information content (AvgIpc) is 3.07. The molecule has 7 nitrogen and oxygen atoms in total. The molecule has 0 saturated carbocycles. The lowest BCUT2D eigenvalue weighted by atomic mass is 10.3. The van der Waals surface area contributed by atoms with Gasteiger partial charge in [-0.2, -0.15) is 0 Å². The number of anilines is 2. The van der Waals surface area contributed by atoms with E-state index in [-0.39, 0.29) is 28.1 Å². The third-order valence-electron chi connectivity index (χ3n) is 4.23. The van der Waals surface area contributed by atoms with Crippen molar-refractivity contribution in [3.05, 3.63) is 47.5 Å². The molecular formula is C19H19ClN2O5S. The standard InChI is InChI=1S/C19H19ClN2O5S/c1-28(25,26)15-8-9-16(20)17(11-15)21-18(23)12-27-14-6-4-13(5-7-14)22-10-2-3-19(22)24/h4-9,11H,2-3,10,12H2,1H3,(H,21,23). The first-order chi connectivity index (χ1) is 13.2. The van der Waals surface area contributed by atoms with E-state index < -0.39 is 15.7 Å². The summed E-state index contributed by atoms with van der Waals surface area (Å²) < 4.78 is 28.7. The minimum atomic E-state index is -3.42. The van der Waals surface area contributed by atoms with Crippen molar-refractivity contribution in [2.75, 3.05) is 29.6 Å². The molecule has 0 atom stereocenters. The normalized spacial score (nSPS) is 14.2. The zero-order valence-corrected chi connectivity index (χ0v) is 16.7. The van der Waals surface area contributed by atoms with E-state index in [9.17, 15) is 18.0 Å². The number of nitrogens with one attached hydrogen (secondary N) is 1. The second-order valence-electron chi connectivity index (χ2n) is 6.39. The number of carbonyl (C=O) groups is 2. The van der Waals surface area contributed by atoms with E-state index in [1.807, 2.05) is 0 Å². The molecule has 1 N–H and O–H groups in total. The number of halogens is 1. The maximum atomic E-state index is 12.1. The Morgan fingerprint density at radius 1 is 1.21 bits per heavy atom. The smallest absolute Gasteiger partial charge is 0.262 e. The number of rotatable bonds is 6. The summed E-state index contributed by atoms with van der Waals surface area (Å²) in [4.78, 5) is 25.6. The molecule has 9 heteroatoms. The SMILES string of the molecule is CS(=O)(=O)c1ccc(Cl)c(NC(=O)COc2ccc(N3CCCC3=O)cc2)c1. The summed E-state index contributed by atoms with van der Waals surface area (Å²) in [6.07, 6.45) is 2.48. The van der Waals surface area contributed by atoms with Gasteiger partial charge in [-0.15, -0.1) is 0 Å². The van der Waals surface area contributed by atoms with Crippen molar-refractivity contribution in [2.45, 2.75) is 17.7 Å². The van der Waals surface area contributed by atoms with Crippen LogP contribution in [0.4, 0.5) is 11.4 Å². The van der Waals surface area contributed by atoms with Gasteiger partial charge in [0, 0.05) is 24.9 Å². The van der Waals surface area contributed by atoms with Crippen molar-refractivity contribution in [2.24, 2.45) is 0 Å². The van der Waals surface area contributed by atoms with Gasteiger partial charge < -0.3 is 15.0 Å². The minimum absolute atomic E-state index is 0.0557. The first-order valence-electron chi connectivity index (χ1n) is 8.57. The average molecular weight is 423 g/mol. The van der Waals surface area contributed by atoms with E-state index in [2.05, 4.69) is 5.32 Å². The zero-order valence-electron chi connectivity index (χ0n) is 15.1. The van der Waals surface area contributed by atoms with Crippen LogP contribution >= 0.6 is 11.6 Å². The molecule has 0 radical (unpaired) electrons. The number of carbonyl (C=O) groups excluding carboxylic acids is 2. The van der Waals surface area contributed by atoms with Gasteiger partial charge in [0.05, 0.1) is 15.6 Å². The molecule has 0 aromatic heterocycles. The summed E-state index contributed by atoms with van der Waals surface area (Å²) in [6.45, 7) is 0.427. The topological polar surface area (TPSA) is 92.8 Å². The predicted octanol–water partition coefficient (Wildman–Crippen LogP) is 2.89. The monoisotopic (exact) mass is 422 g/mol. The Morgan fingerprint density at radius 3 is 2.54 bits per heavy atom. The Kier molecular flexibility index (Phi) is 5.90. The summed E-state index contributed by atoms with van der Waals surface area (Å²) >= 11 is 6.02. The Morgan fingerprint density at radius 2 is 1.93 bits per heavy atom. The van der Waals surface area contributed by atoms with E-state index in [1.165, 1.54) is 18.2 Å². The summed E-state index contributed by atoms with van der Waals surface area (Å²) in [6, 6.07) is 11.0. The molecule has 0 bridgehead atoms. The second-order valence-corrected chi connectivity index (χ2v) is 8.82. The molecule has 1 fully saturated rings. The number of sulfone groups is 1. The van der Waals surface area contributed by atoms with Gasteiger partial charge in [0.2, 0.25) is 5.91 Å². The Bertz CT molecular complexity index is 1010. The zero-order chi connectivity index (χ0) is 20.3. The number of hydrogen-bond donors (Lipinski definition) is 1. The summed E-state index contributed by atoms with van der Waals surface area (Å²) in [7, 11) is -3.42. The van der Waals surface area contributed by atoms with Gasteiger partial charge in [-0.1, -0.05) is 11.6 Å². The molecule has 3 rings (SSSR count). The highest BCUT2D eigenvalue weighted by atomic mass is 35.5. The van der Waals surface area contributed by atoms with Crippen LogP contribution in [0, 0.1) is 0 Å². The van der Waals surface area contributed by atoms with Crippen molar-refractivity contribution in [3.63, 3.8) is 0 Å². The fourth-order valence-corrected chi connectivity index (χ4v) is 3.62. The first-order valence-corrected chi connectivity index (χ1v) is 10.8. The van der Waals surface area contributed by atoms with Crippen molar-refractivity contribution in [1.29, 1.82) is 0 Å². The molecule has 2 amide bonds. The van der Waals surface area contributed by atoms with E-state index in [0.717, 1.165) is 18.4 Å². The third kappa shape index (κ3) is 4.82. The van der Waals surface area contributed by atoms with Gasteiger partial charge in [0.15, 0.2) is 16.4 Å². The van der Waals surface area contributed by atoms with Crippen LogP contribution < -0.4 is 15.0 Å². The van der Waals surface area contributed by atoms with Gasteiger partial charge in [-0.05, 0) is 48.9 Å². The predicted molar refractivity (Wildman–Crippen MR) is 107 cm³/mol. The Labute approximate surface area is 168 Å². The molecule has 0 unspecified atom stereocenters. The van der Waals surface area contributed by atoms with Gasteiger partial charge in [0.1, 0.15) is 5.75 Å².